The van der Waals surface area contributed by atoms with Crippen LogP contribution in [-0.2, 0) is 4.79 Å². The van der Waals surface area contributed by atoms with Crippen LogP contribution in [0.2, 0.25) is 0 Å². The second-order valence-electron chi connectivity index (χ2n) is 2.61. The molecule has 0 aromatic carbocycles. The molecule has 0 atom stereocenters. The topological polar surface area (TPSA) is 102 Å². The quantitative estimate of drug-likeness (QED) is 0.319. The van der Waals surface area contributed by atoms with E-state index in [-0.39, 0.29) is 0 Å². The van der Waals surface area contributed by atoms with Crippen molar-refractivity contribution in [3.8, 4) is 0 Å². The largest absolute Gasteiger partial charge is 0.481 e. The van der Waals surface area contributed by atoms with Crippen molar-refractivity contribution in [2.75, 3.05) is 0 Å². The molecule has 0 rings (SSSR count). The molecule has 84 valence electrons. The monoisotopic (exact) mass is 206 g/mol. The summed E-state index contributed by atoms with van der Waals surface area (Å²) >= 11 is 0. The van der Waals surface area contributed by atoms with Gasteiger partial charge in [0.05, 0.1) is 11.4 Å². The van der Waals surface area contributed by atoms with Crippen molar-refractivity contribution in [1.29, 1.82) is 0 Å². The molecule has 0 heterocycles. The van der Waals surface area contributed by atoms with Gasteiger partial charge in [-0.05, 0) is 27.7 Å². The molecule has 0 aliphatic heterocycles. The Morgan fingerprint density at radius 1 is 0.857 bits per heavy atom. The average molecular weight is 206 g/mol. The summed E-state index contributed by atoms with van der Waals surface area (Å²) in [7, 11) is 0. The predicted octanol–water partition coefficient (Wildman–Crippen LogP) is 1.80. The van der Waals surface area contributed by atoms with Crippen LogP contribution >= 0.6 is 0 Å². The van der Waals surface area contributed by atoms with Crippen molar-refractivity contribution in [3.05, 3.63) is 0 Å². The van der Waals surface area contributed by atoms with Gasteiger partial charge in [0.15, 0.2) is 0 Å². The van der Waals surface area contributed by atoms with Crippen LogP contribution in [0.15, 0.2) is 10.3 Å². The van der Waals surface area contributed by atoms with E-state index in [9.17, 15) is 0 Å². The average Bonchev–Trinajstić information content (AvgIpc) is 2.04. The molecule has 0 saturated heterocycles. The van der Waals surface area contributed by atoms with Gasteiger partial charge in [-0.25, -0.2) is 0 Å². The second kappa shape index (κ2) is 14.0. The minimum Gasteiger partial charge on any atom is -0.481 e. The van der Waals surface area contributed by atoms with Gasteiger partial charge in [-0.1, -0.05) is 10.3 Å². The first kappa shape index (κ1) is 18.2. The van der Waals surface area contributed by atoms with Crippen molar-refractivity contribution >= 4 is 17.4 Å². The van der Waals surface area contributed by atoms with E-state index >= 15 is 0 Å². The summed E-state index contributed by atoms with van der Waals surface area (Å²) in [5.41, 5.74) is 1.37. The number of nitrogens with zero attached hydrogens (tertiary/aromatic N) is 2. The number of hydrogen-bond donors (Lipinski definition) is 3. The Bertz CT molecular complexity index is 172. The number of rotatable bonds is 0. The van der Waals surface area contributed by atoms with Crippen LogP contribution in [0, 0.1) is 0 Å². The molecule has 14 heavy (non-hydrogen) atoms. The Kier molecular flexibility index (Phi) is 18.2. The van der Waals surface area contributed by atoms with E-state index in [0.29, 0.717) is 11.4 Å². The highest BCUT2D eigenvalue weighted by atomic mass is 16.4. The molecular formula is C8H18N2O4. The zero-order valence-electron chi connectivity index (χ0n) is 9.14. The molecule has 0 amide bonds. The third-order valence-electron chi connectivity index (χ3n) is 0.400. The standard InChI is InChI=1S/2C3H7NO.C2H4O2/c2*1-3(2)4-5;1-2(3)4/h2*5H,1-2H3;1H3,(H,3,4). The van der Waals surface area contributed by atoms with Crippen LogP contribution in [0.3, 0.4) is 0 Å². The molecule has 0 aliphatic carbocycles. The SMILES string of the molecule is CC(=O)O.CC(C)=NO.CC(C)=NO. The first-order valence-corrected chi connectivity index (χ1v) is 3.77. The van der Waals surface area contributed by atoms with Crippen LogP contribution in [0.25, 0.3) is 0 Å². The van der Waals surface area contributed by atoms with Crippen molar-refractivity contribution in [3.63, 3.8) is 0 Å². The summed E-state index contributed by atoms with van der Waals surface area (Å²) in [5.74, 6) is -0.833. The first-order chi connectivity index (χ1) is 6.27. The molecule has 0 fully saturated rings. The van der Waals surface area contributed by atoms with Crippen molar-refractivity contribution in [2.45, 2.75) is 34.6 Å². The molecule has 0 aromatic rings. The van der Waals surface area contributed by atoms with Gasteiger partial charge in [0.1, 0.15) is 0 Å². The molecule has 0 bridgehead atoms. The van der Waals surface area contributed by atoms with Gasteiger partial charge in [-0.2, -0.15) is 0 Å². The Morgan fingerprint density at radius 2 is 0.929 bits per heavy atom. The van der Waals surface area contributed by atoms with Gasteiger partial charge in [0.2, 0.25) is 0 Å². The van der Waals surface area contributed by atoms with Crippen LogP contribution in [0.1, 0.15) is 34.6 Å². The van der Waals surface area contributed by atoms with E-state index in [1.54, 1.807) is 27.7 Å². The van der Waals surface area contributed by atoms with Gasteiger partial charge in [0, 0.05) is 6.92 Å². The van der Waals surface area contributed by atoms with Gasteiger partial charge in [-0.15, -0.1) is 0 Å². The lowest BCUT2D eigenvalue weighted by Gasteiger charge is -1.72. The molecule has 0 aromatic heterocycles. The summed E-state index contributed by atoms with van der Waals surface area (Å²) < 4.78 is 0. The maximum Gasteiger partial charge on any atom is 0.300 e. The zero-order chi connectivity index (χ0) is 12.1. The van der Waals surface area contributed by atoms with Crippen LogP contribution < -0.4 is 0 Å². The lowest BCUT2D eigenvalue weighted by Crippen LogP contribution is -1.78. The number of carboxylic acids is 1. The highest BCUT2D eigenvalue weighted by Gasteiger charge is 1.66. The normalized spacial score (nSPS) is 6.64. The predicted molar refractivity (Wildman–Crippen MR) is 54.4 cm³/mol. The number of oxime groups is 2. The van der Waals surface area contributed by atoms with E-state index in [4.69, 9.17) is 20.3 Å². The summed E-state index contributed by atoms with van der Waals surface area (Å²) in [6.07, 6.45) is 0. The van der Waals surface area contributed by atoms with Crippen LogP contribution in [0.5, 0.6) is 0 Å². The zero-order valence-corrected chi connectivity index (χ0v) is 9.14. The Hall–Kier alpha value is -1.59. The van der Waals surface area contributed by atoms with E-state index in [2.05, 4.69) is 10.3 Å². The third-order valence-corrected chi connectivity index (χ3v) is 0.400. The highest BCUT2D eigenvalue weighted by Crippen LogP contribution is 1.63. The van der Waals surface area contributed by atoms with Crippen molar-refractivity contribution < 1.29 is 20.3 Å². The molecule has 0 aliphatic rings. The van der Waals surface area contributed by atoms with Crippen LogP contribution in [0.4, 0.5) is 0 Å². The fraction of sp³-hybridized carbons (Fsp3) is 0.625. The van der Waals surface area contributed by atoms with Gasteiger partial charge >= 0.3 is 0 Å². The fourth-order valence-electron chi connectivity index (χ4n) is 0. The maximum atomic E-state index is 9.00. The molecule has 3 N–H and O–H groups in total. The lowest BCUT2D eigenvalue weighted by molar-refractivity contribution is -0.134. The highest BCUT2D eigenvalue weighted by molar-refractivity contribution is 5.78. The number of carboxylic acid groups (broad SMARTS) is 1. The Morgan fingerprint density at radius 3 is 0.929 bits per heavy atom. The smallest absolute Gasteiger partial charge is 0.300 e. The first-order valence-electron chi connectivity index (χ1n) is 3.77. The molecule has 6 heteroatoms. The lowest BCUT2D eigenvalue weighted by atomic mass is 10.5. The molecule has 6 nitrogen and oxygen atoms in total. The molecule has 0 radical (unpaired) electrons. The molecule has 0 unspecified atom stereocenters. The molecule has 0 saturated carbocycles. The van der Waals surface area contributed by atoms with Gasteiger partial charge in [0.25, 0.3) is 5.97 Å². The number of aliphatic carboxylic acids is 1. The second-order valence-corrected chi connectivity index (χ2v) is 2.61. The number of hydrogen-bond acceptors (Lipinski definition) is 5. The summed E-state index contributed by atoms with van der Waals surface area (Å²) in [6, 6.07) is 0. The van der Waals surface area contributed by atoms with Crippen molar-refractivity contribution in [1.82, 2.24) is 0 Å². The summed E-state index contributed by atoms with van der Waals surface area (Å²) in [6.45, 7) is 7.97. The van der Waals surface area contributed by atoms with Gasteiger partial charge < -0.3 is 15.5 Å². The summed E-state index contributed by atoms with van der Waals surface area (Å²) in [4.78, 5) is 9.00. The molecule has 0 spiro atoms. The van der Waals surface area contributed by atoms with E-state index in [1.165, 1.54) is 0 Å². The Labute approximate surface area is 83.5 Å². The number of carbonyl (C=O) groups is 1. The summed E-state index contributed by atoms with van der Waals surface area (Å²) in [5, 5.41) is 28.5. The van der Waals surface area contributed by atoms with Crippen molar-refractivity contribution in [2.24, 2.45) is 10.3 Å². The Balaban J connectivity index is -0.000000131. The minimum absolute atomic E-state index is 0.685. The van der Waals surface area contributed by atoms with Gasteiger partial charge in [-0.3, -0.25) is 4.79 Å². The minimum atomic E-state index is -0.833. The fourth-order valence-corrected chi connectivity index (χ4v) is 0. The van der Waals surface area contributed by atoms with E-state index in [0.717, 1.165) is 6.92 Å². The van der Waals surface area contributed by atoms with Crippen LogP contribution in [-0.4, -0.2) is 32.9 Å². The van der Waals surface area contributed by atoms with E-state index < -0.39 is 5.97 Å². The molecular weight excluding hydrogens is 188 g/mol. The maximum absolute atomic E-state index is 9.00. The third kappa shape index (κ3) is 159. The van der Waals surface area contributed by atoms with E-state index in [1.807, 2.05) is 0 Å².